The van der Waals surface area contributed by atoms with E-state index in [-0.39, 0.29) is 5.69 Å². The fraction of sp³-hybridized carbons (Fsp3) is 0.200. The van der Waals surface area contributed by atoms with Crippen molar-refractivity contribution in [2.45, 2.75) is 6.92 Å². The van der Waals surface area contributed by atoms with Gasteiger partial charge in [0.25, 0.3) is 5.91 Å². The van der Waals surface area contributed by atoms with Crippen molar-refractivity contribution >= 4 is 5.91 Å². The number of aryl methyl sites for hydroxylation is 1. The second kappa shape index (κ2) is 2.99. The average Bonchev–Trinajstić information content (AvgIpc) is 2.34. The molecular formula is C5H8N6O. The standard InChI is InChI=1S/C5H8N6O/c1-3-8-4(5(6)12)2-11(3)10-9-7/h2H,1H3,(H2,6,12)(H2,7,10). The summed E-state index contributed by atoms with van der Waals surface area (Å²) in [5.74, 6) is 4.70. The van der Waals surface area contributed by atoms with E-state index in [0.717, 1.165) is 0 Å². The highest BCUT2D eigenvalue weighted by molar-refractivity contribution is 5.90. The van der Waals surface area contributed by atoms with Crippen LogP contribution >= 0.6 is 0 Å². The Morgan fingerprint density at radius 2 is 2.42 bits per heavy atom. The maximum absolute atomic E-state index is 10.6. The number of primary amides is 1. The van der Waals surface area contributed by atoms with Gasteiger partial charge >= 0.3 is 0 Å². The predicted octanol–water partition coefficient (Wildman–Crippen LogP) is -0.621. The zero-order chi connectivity index (χ0) is 9.14. The van der Waals surface area contributed by atoms with Crippen LogP contribution in [0.25, 0.3) is 0 Å². The summed E-state index contributed by atoms with van der Waals surface area (Å²) in [5, 5.41) is 6.49. The summed E-state index contributed by atoms with van der Waals surface area (Å²) in [6.45, 7) is 1.65. The fourth-order valence-corrected chi connectivity index (χ4v) is 0.729. The number of imidazole rings is 1. The number of nitrogens with two attached hydrogens (primary N) is 2. The number of aromatic nitrogens is 2. The SMILES string of the molecule is Cc1nc(C(N)=O)cn1N=NN. The number of hydrogen-bond acceptors (Lipinski definition) is 4. The van der Waals surface area contributed by atoms with Crippen LogP contribution in [0.4, 0.5) is 0 Å². The first kappa shape index (κ1) is 8.18. The Kier molecular flexibility index (Phi) is 2.04. The molecule has 0 saturated heterocycles. The smallest absolute Gasteiger partial charge is 0.268 e. The van der Waals surface area contributed by atoms with Gasteiger partial charge in [-0.25, -0.2) is 9.66 Å². The Hall–Kier alpha value is -1.92. The van der Waals surface area contributed by atoms with Crippen LogP contribution in [0.2, 0.25) is 0 Å². The van der Waals surface area contributed by atoms with E-state index in [1.807, 2.05) is 0 Å². The van der Waals surface area contributed by atoms with E-state index in [9.17, 15) is 4.79 Å². The number of carbonyl (C=O) groups is 1. The summed E-state index contributed by atoms with van der Waals surface area (Å²) in [6, 6.07) is 0. The van der Waals surface area contributed by atoms with Crippen LogP contribution in [0.5, 0.6) is 0 Å². The highest BCUT2D eigenvalue weighted by Crippen LogP contribution is 2.00. The molecule has 1 heterocycles. The molecular weight excluding hydrogens is 160 g/mol. The normalized spacial score (nSPS) is 10.8. The molecule has 0 aliphatic heterocycles. The molecule has 7 heteroatoms. The van der Waals surface area contributed by atoms with Crippen LogP contribution in [-0.4, -0.2) is 15.6 Å². The molecule has 0 bridgehead atoms. The van der Waals surface area contributed by atoms with Crippen molar-refractivity contribution in [1.82, 2.24) is 9.66 Å². The Labute approximate surface area is 68.0 Å². The van der Waals surface area contributed by atoms with Crippen molar-refractivity contribution in [2.75, 3.05) is 0 Å². The summed E-state index contributed by atoms with van der Waals surface area (Å²) in [4.78, 5) is 14.4. The van der Waals surface area contributed by atoms with Gasteiger partial charge in [-0.1, -0.05) is 5.22 Å². The maximum Gasteiger partial charge on any atom is 0.268 e. The first-order valence-electron chi connectivity index (χ1n) is 3.12. The molecule has 1 rings (SSSR count). The Balaban J connectivity index is 3.08. The van der Waals surface area contributed by atoms with Gasteiger partial charge in [0.05, 0.1) is 6.20 Å². The minimum absolute atomic E-state index is 0.139. The molecule has 1 amide bonds. The third-order valence-corrected chi connectivity index (χ3v) is 1.26. The molecule has 0 aromatic carbocycles. The molecule has 0 unspecified atom stereocenters. The van der Waals surface area contributed by atoms with Gasteiger partial charge in [0.15, 0.2) is 0 Å². The highest BCUT2D eigenvalue weighted by atomic mass is 16.1. The van der Waals surface area contributed by atoms with Crippen LogP contribution in [0.15, 0.2) is 16.6 Å². The van der Waals surface area contributed by atoms with E-state index in [2.05, 4.69) is 15.4 Å². The van der Waals surface area contributed by atoms with Crippen molar-refractivity contribution in [3.8, 4) is 0 Å². The van der Waals surface area contributed by atoms with E-state index in [1.54, 1.807) is 6.92 Å². The molecule has 4 N–H and O–H groups in total. The van der Waals surface area contributed by atoms with E-state index >= 15 is 0 Å². The molecule has 0 atom stereocenters. The fourth-order valence-electron chi connectivity index (χ4n) is 0.729. The number of hydrogen-bond donors (Lipinski definition) is 2. The lowest BCUT2D eigenvalue weighted by atomic mass is 10.5. The Morgan fingerprint density at radius 1 is 1.75 bits per heavy atom. The summed E-state index contributed by atoms with van der Waals surface area (Å²) in [6.07, 6.45) is 1.36. The van der Waals surface area contributed by atoms with Gasteiger partial charge in [0, 0.05) is 0 Å². The second-order valence-electron chi connectivity index (χ2n) is 2.09. The molecule has 0 spiro atoms. The van der Waals surface area contributed by atoms with Crippen molar-refractivity contribution in [2.24, 2.45) is 22.0 Å². The molecule has 0 aliphatic rings. The third kappa shape index (κ3) is 1.39. The lowest BCUT2D eigenvalue weighted by Gasteiger charge is -1.88. The quantitative estimate of drug-likeness (QED) is 0.348. The third-order valence-electron chi connectivity index (χ3n) is 1.26. The molecule has 0 radical (unpaired) electrons. The van der Waals surface area contributed by atoms with Crippen molar-refractivity contribution in [1.29, 1.82) is 0 Å². The Bertz CT molecular complexity index is 327. The van der Waals surface area contributed by atoms with Gasteiger partial charge in [-0.15, -0.1) is 0 Å². The summed E-state index contributed by atoms with van der Waals surface area (Å²) >= 11 is 0. The van der Waals surface area contributed by atoms with Gasteiger partial charge in [-0.2, -0.15) is 0 Å². The first-order valence-corrected chi connectivity index (χ1v) is 3.12. The van der Waals surface area contributed by atoms with Gasteiger partial charge in [0.2, 0.25) is 0 Å². The van der Waals surface area contributed by atoms with Crippen LogP contribution in [0, 0.1) is 6.92 Å². The summed E-state index contributed by atoms with van der Waals surface area (Å²) < 4.78 is 1.26. The largest absolute Gasteiger partial charge is 0.364 e. The van der Waals surface area contributed by atoms with Gasteiger partial charge in [0.1, 0.15) is 11.5 Å². The zero-order valence-corrected chi connectivity index (χ0v) is 6.43. The molecule has 1 aromatic heterocycles. The molecule has 0 fully saturated rings. The molecule has 0 aliphatic carbocycles. The Morgan fingerprint density at radius 3 is 2.83 bits per heavy atom. The van der Waals surface area contributed by atoms with Crippen molar-refractivity contribution in [3.63, 3.8) is 0 Å². The van der Waals surface area contributed by atoms with E-state index < -0.39 is 5.91 Å². The maximum atomic E-state index is 10.6. The molecule has 12 heavy (non-hydrogen) atoms. The molecule has 0 saturated carbocycles. The lowest BCUT2D eigenvalue weighted by molar-refractivity contribution is 0.0996. The van der Waals surface area contributed by atoms with Crippen LogP contribution in [-0.2, 0) is 0 Å². The van der Waals surface area contributed by atoms with Gasteiger partial charge in [-0.3, -0.25) is 4.79 Å². The van der Waals surface area contributed by atoms with Crippen molar-refractivity contribution < 1.29 is 4.79 Å². The summed E-state index contributed by atoms with van der Waals surface area (Å²) in [7, 11) is 0. The molecule has 64 valence electrons. The van der Waals surface area contributed by atoms with E-state index in [0.29, 0.717) is 5.82 Å². The number of nitrogens with zero attached hydrogens (tertiary/aromatic N) is 4. The van der Waals surface area contributed by atoms with Crippen LogP contribution in [0.3, 0.4) is 0 Å². The predicted molar refractivity (Wildman–Crippen MR) is 39.9 cm³/mol. The second-order valence-corrected chi connectivity index (χ2v) is 2.09. The number of amides is 1. The van der Waals surface area contributed by atoms with Crippen molar-refractivity contribution in [3.05, 3.63) is 17.7 Å². The summed E-state index contributed by atoms with van der Waals surface area (Å²) in [5.41, 5.74) is 5.11. The van der Waals surface area contributed by atoms with Gasteiger partial charge in [-0.05, 0) is 12.1 Å². The van der Waals surface area contributed by atoms with E-state index in [1.165, 1.54) is 10.9 Å². The minimum Gasteiger partial charge on any atom is -0.364 e. The molecule has 7 nitrogen and oxygen atoms in total. The zero-order valence-electron chi connectivity index (χ0n) is 6.43. The number of rotatable bonds is 2. The molecule has 1 aromatic rings. The van der Waals surface area contributed by atoms with Gasteiger partial charge < -0.3 is 11.6 Å². The first-order chi connectivity index (χ1) is 5.65. The monoisotopic (exact) mass is 168 g/mol. The average molecular weight is 168 g/mol. The lowest BCUT2D eigenvalue weighted by Crippen LogP contribution is -2.11. The van der Waals surface area contributed by atoms with Crippen LogP contribution < -0.4 is 11.6 Å². The topological polar surface area (TPSA) is 112 Å². The minimum atomic E-state index is -0.607. The van der Waals surface area contributed by atoms with E-state index in [4.69, 9.17) is 11.6 Å². The number of carbonyl (C=O) groups excluding carboxylic acids is 1. The highest BCUT2D eigenvalue weighted by Gasteiger charge is 2.07. The van der Waals surface area contributed by atoms with Crippen LogP contribution in [0.1, 0.15) is 16.3 Å².